The van der Waals surface area contributed by atoms with Crippen molar-refractivity contribution in [2.24, 2.45) is 5.92 Å². The van der Waals surface area contributed by atoms with Gasteiger partial charge in [-0.05, 0) is 61.1 Å². The van der Waals surface area contributed by atoms with Gasteiger partial charge in [0.25, 0.3) is 0 Å². The maximum atomic E-state index is 14.2. The lowest BCUT2D eigenvalue weighted by molar-refractivity contribution is -0.151. The van der Waals surface area contributed by atoms with Crippen LogP contribution in [0.15, 0.2) is 23.6 Å². The van der Waals surface area contributed by atoms with Crippen molar-refractivity contribution in [1.29, 1.82) is 0 Å². The van der Waals surface area contributed by atoms with Gasteiger partial charge in [0.15, 0.2) is 5.13 Å². The zero-order valence-corrected chi connectivity index (χ0v) is 24.6. The van der Waals surface area contributed by atoms with Crippen molar-refractivity contribution >= 4 is 34.4 Å². The van der Waals surface area contributed by atoms with Gasteiger partial charge in [-0.2, -0.15) is 0 Å². The van der Waals surface area contributed by atoms with E-state index in [1.165, 1.54) is 24.7 Å². The molecule has 4 aliphatic rings. The molecule has 220 valence electrons. The van der Waals surface area contributed by atoms with E-state index in [2.05, 4.69) is 28.9 Å². The van der Waals surface area contributed by atoms with Crippen molar-refractivity contribution in [3.8, 4) is 0 Å². The first-order valence-corrected chi connectivity index (χ1v) is 16.0. The number of anilines is 1. The number of hydrogen-bond donors (Lipinski definition) is 1. The van der Waals surface area contributed by atoms with Gasteiger partial charge in [0.1, 0.15) is 18.2 Å². The summed E-state index contributed by atoms with van der Waals surface area (Å²) in [6.45, 7) is 1.21. The first kappa shape index (κ1) is 28.0. The highest BCUT2D eigenvalue weighted by atomic mass is 32.1. The molecule has 6 rings (SSSR count). The van der Waals surface area contributed by atoms with E-state index in [-0.39, 0.29) is 24.8 Å². The first-order valence-electron chi connectivity index (χ1n) is 15.1. The zero-order valence-electron chi connectivity index (χ0n) is 23.8. The summed E-state index contributed by atoms with van der Waals surface area (Å²) < 4.78 is 11.1. The molecule has 1 saturated heterocycles. The Bertz CT molecular complexity index is 1270. The maximum absolute atomic E-state index is 14.2. The minimum absolute atomic E-state index is 0.143. The van der Waals surface area contributed by atoms with Crippen LogP contribution in [0.2, 0.25) is 0 Å². The van der Waals surface area contributed by atoms with Crippen LogP contribution < -0.4 is 5.32 Å². The van der Waals surface area contributed by atoms with Crippen molar-refractivity contribution in [1.82, 2.24) is 14.8 Å². The second kappa shape index (κ2) is 12.4. The highest BCUT2D eigenvalue weighted by Gasteiger charge is 2.46. The Morgan fingerprint density at radius 3 is 2.66 bits per heavy atom. The average Bonchev–Trinajstić information content (AvgIpc) is 3.74. The number of rotatable bonds is 2. The molecule has 0 unspecified atom stereocenters. The molecule has 1 aromatic carbocycles. The largest absolute Gasteiger partial charge is 0.467 e. The van der Waals surface area contributed by atoms with Crippen molar-refractivity contribution in [2.45, 2.75) is 102 Å². The van der Waals surface area contributed by atoms with Gasteiger partial charge in [-0.25, -0.2) is 14.6 Å². The van der Waals surface area contributed by atoms with Crippen molar-refractivity contribution < 1.29 is 23.9 Å². The fraction of sp³-hybridized carbons (Fsp3) is 0.613. The van der Waals surface area contributed by atoms with E-state index in [9.17, 15) is 14.4 Å². The molecule has 1 N–H and O–H groups in total. The number of thiazole rings is 1. The van der Waals surface area contributed by atoms with Gasteiger partial charge in [-0.1, -0.05) is 43.9 Å². The number of methoxy groups -OCH3 is 1. The molecule has 1 aliphatic carbocycles. The summed E-state index contributed by atoms with van der Waals surface area (Å²) in [6.07, 6.45) is 9.63. The summed E-state index contributed by atoms with van der Waals surface area (Å²) in [5.41, 5.74) is 4.74. The Balaban J connectivity index is 1.29. The third kappa shape index (κ3) is 6.08. The average molecular weight is 581 g/mol. The van der Waals surface area contributed by atoms with Crippen LogP contribution in [0.4, 0.5) is 9.93 Å². The van der Waals surface area contributed by atoms with E-state index in [1.807, 2.05) is 0 Å². The van der Waals surface area contributed by atoms with E-state index in [0.717, 1.165) is 74.2 Å². The first-order chi connectivity index (χ1) is 20.0. The molecule has 1 saturated carbocycles. The predicted octanol–water partition coefficient (Wildman–Crippen LogP) is 5.07. The number of ether oxygens (including phenoxy) is 2. The number of carbonyl (C=O) groups is 3. The van der Waals surface area contributed by atoms with Crippen LogP contribution in [0, 0.1) is 5.92 Å². The molecule has 2 aromatic rings. The standard InChI is InChI=1S/C31H40N4O5S/c1-39-29(37)26-15-24-17-35(26)28(36)27(21-10-5-2-6-11-21)33-30-32-23(19-41-30)14-7-3-4-9-20-12-8-13-22-16-34(18-25(20)22)31(38)40-24/h8,12-13,19,21,24,26-27H,2-7,9-11,14-18H2,1H3,(H,32,33)/t24-,26+,27+/m1/s1. The van der Waals surface area contributed by atoms with Crippen molar-refractivity contribution in [3.63, 3.8) is 0 Å². The van der Waals surface area contributed by atoms with Crippen LogP contribution in [0.5, 0.6) is 0 Å². The quantitative estimate of drug-likeness (QED) is 0.495. The fourth-order valence-electron chi connectivity index (χ4n) is 7.00. The number of aryl methyl sites for hydroxylation is 2. The van der Waals surface area contributed by atoms with E-state index in [4.69, 9.17) is 14.5 Å². The molecule has 3 atom stereocenters. The minimum atomic E-state index is -0.790. The van der Waals surface area contributed by atoms with E-state index < -0.39 is 30.3 Å². The number of hydrogen-bond acceptors (Lipinski definition) is 8. The molecular weight excluding hydrogens is 540 g/mol. The lowest BCUT2D eigenvalue weighted by atomic mass is 9.83. The Labute approximate surface area is 245 Å². The topological polar surface area (TPSA) is 101 Å². The maximum Gasteiger partial charge on any atom is 0.410 e. The summed E-state index contributed by atoms with van der Waals surface area (Å²) in [5.74, 6) is -0.471. The third-order valence-corrected chi connectivity index (χ3v) is 10.0. The van der Waals surface area contributed by atoms with Crippen LogP contribution >= 0.6 is 11.3 Å². The van der Waals surface area contributed by atoms with Gasteiger partial charge in [0.2, 0.25) is 5.91 Å². The SMILES string of the molecule is COC(=O)[C@@H]1C[C@@H]2CN1C(=O)[C@H](C1CCCCC1)Nc1nc(cs1)CCCCCc1cccc3c1CN(C3)C(=O)O2. The molecular formula is C31H40N4O5S. The Morgan fingerprint density at radius 1 is 1.05 bits per heavy atom. The van der Waals surface area contributed by atoms with E-state index in [0.29, 0.717) is 13.1 Å². The molecule has 1 aromatic heterocycles. The van der Waals surface area contributed by atoms with Gasteiger partial charge >= 0.3 is 12.1 Å². The number of nitrogens with one attached hydrogen (secondary N) is 1. The summed E-state index contributed by atoms with van der Waals surface area (Å²) in [4.78, 5) is 48.6. The third-order valence-electron chi connectivity index (χ3n) is 9.22. The minimum Gasteiger partial charge on any atom is -0.467 e. The Hall–Kier alpha value is -3.14. The number of aromatic nitrogens is 1. The molecule has 4 heterocycles. The molecule has 41 heavy (non-hydrogen) atoms. The van der Waals surface area contributed by atoms with Crippen LogP contribution in [0.3, 0.4) is 0 Å². The Morgan fingerprint density at radius 2 is 1.83 bits per heavy atom. The number of carbonyl (C=O) groups excluding carboxylic acids is 3. The summed E-state index contributed by atoms with van der Waals surface area (Å²) in [6, 6.07) is 5.05. The lowest BCUT2D eigenvalue weighted by Crippen LogP contribution is -2.51. The van der Waals surface area contributed by atoms with Crippen LogP contribution in [0.1, 0.15) is 80.2 Å². The molecule has 2 amide bonds. The van der Waals surface area contributed by atoms with Gasteiger partial charge in [0, 0.05) is 24.9 Å². The van der Waals surface area contributed by atoms with Gasteiger partial charge < -0.3 is 19.7 Å². The van der Waals surface area contributed by atoms with Crippen LogP contribution in [-0.4, -0.2) is 64.6 Å². The zero-order chi connectivity index (χ0) is 28.3. The molecule has 0 radical (unpaired) electrons. The predicted molar refractivity (Wildman–Crippen MR) is 155 cm³/mol. The number of nitrogens with zero attached hydrogens (tertiary/aromatic N) is 3. The molecule has 2 fully saturated rings. The molecule has 10 heteroatoms. The van der Waals surface area contributed by atoms with Crippen LogP contribution in [-0.2, 0) is 45.0 Å². The molecule has 6 bridgehead atoms. The van der Waals surface area contributed by atoms with Crippen LogP contribution in [0.25, 0.3) is 0 Å². The summed E-state index contributed by atoms with van der Waals surface area (Å²) >= 11 is 1.54. The lowest BCUT2D eigenvalue weighted by Gasteiger charge is -2.34. The molecule has 9 nitrogen and oxygen atoms in total. The smallest absolute Gasteiger partial charge is 0.410 e. The normalized spacial score (nSPS) is 25.9. The van der Waals surface area contributed by atoms with Gasteiger partial charge in [-0.15, -0.1) is 11.3 Å². The summed E-state index contributed by atoms with van der Waals surface area (Å²) in [5, 5.41) is 6.32. The second-order valence-electron chi connectivity index (χ2n) is 11.9. The number of amides is 2. The van der Waals surface area contributed by atoms with E-state index >= 15 is 0 Å². The monoisotopic (exact) mass is 580 g/mol. The Kier molecular flexibility index (Phi) is 8.46. The highest BCUT2D eigenvalue weighted by Crippen LogP contribution is 2.34. The van der Waals surface area contributed by atoms with E-state index in [1.54, 1.807) is 21.1 Å². The molecule has 3 aliphatic heterocycles. The van der Waals surface area contributed by atoms with Gasteiger partial charge in [-0.3, -0.25) is 9.69 Å². The fourth-order valence-corrected chi connectivity index (χ4v) is 7.79. The number of fused-ring (bicyclic) bond motifs is 5. The second-order valence-corrected chi connectivity index (χ2v) is 12.8. The number of esters is 1. The van der Waals surface area contributed by atoms with Crippen molar-refractivity contribution in [3.05, 3.63) is 46.0 Å². The highest BCUT2D eigenvalue weighted by molar-refractivity contribution is 7.13. The number of benzene rings is 1. The van der Waals surface area contributed by atoms with Gasteiger partial charge in [0.05, 0.1) is 19.3 Å². The van der Waals surface area contributed by atoms with Crippen molar-refractivity contribution in [2.75, 3.05) is 19.0 Å². The summed E-state index contributed by atoms with van der Waals surface area (Å²) in [7, 11) is 1.34. The molecule has 0 spiro atoms.